The average Bonchev–Trinajstić information content (AvgIpc) is 2.26. The quantitative estimate of drug-likeness (QED) is 0.764. The van der Waals surface area contributed by atoms with Gasteiger partial charge >= 0.3 is 0 Å². The standard InChI is InChI=1S/C11H15N3O/c1-9(3-2-6-15)14-10-4-5-13-11(7-10)8-12/h4-5,7,9,15H,2-3,6H2,1H3,(H,13,14). The van der Waals surface area contributed by atoms with Crippen molar-refractivity contribution in [3.63, 3.8) is 0 Å². The maximum absolute atomic E-state index is 8.68. The van der Waals surface area contributed by atoms with Crippen molar-refractivity contribution in [1.82, 2.24) is 4.98 Å². The normalized spacial score (nSPS) is 11.8. The monoisotopic (exact) mass is 205 g/mol. The molecule has 1 rings (SSSR count). The van der Waals surface area contributed by atoms with Crippen LogP contribution >= 0.6 is 0 Å². The van der Waals surface area contributed by atoms with Crippen molar-refractivity contribution in [1.29, 1.82) is 5.26 Å². The predicted octanol–water partition coefficient (Wildman–Crippen LogP) is 1.53. The fourth-order valence-electron chi connectivity index (χ4n) is 1.34. The Kier molecular flexibility index (Phi) is 4.58. The van der Waals surface area contributed by atoms with Gasteiger partial charge in [-0.15, -0.1) is 0 Å². The van der Waals surface area contributed by atoms with Crippen molar-refractivity contribution in [2.24, 2.45) is 0 Å². The van der Waals surface area contributed by atoms with Crippen LogP contribution in [0.3, 0.4) is 0 Å². The second kappa shape index (κ2) is 5.99. The van der Waals surface area contributed by atoms with Crippen molar-refractivity contribution >= 4 is 5.69 Å². The van der Waals surface area contributed by atoms with Crippen molar-refractivity contribution in [3.8, 4) is 6.07 Å². The van der Waals surface area contributed by atoms with Crippen LogP contribution in [0.25, 0.3) is 0 Å². The fourth-order valence-corrected chi connectivity index (χ4v) is 1.34. The van der Waals surface area contributed by atoms with E-state index in [-0.39, 0.29) is 12.6 Å². The molecule has 0 amide bonds. The van der Waals surface area contributed by atoms with Crippen molar-refractivity contribution in [3.05, 3.63) is 24.0 Å². The molecule has 0 fully saturated rings. The first-order valence-electron chi connectivity index (χ1n) is 5.00. The summed E-state index contributed by atoms with van der Waals surface area (Å²) in [5.74, 6) is 0. The zero-order valence-electron chi connectivity index (χ0n) is 8.77. The molecule has 0 aliphatic carbocycles. The topological polar surface area (TPSA) is 68.9 Å². The Morgan fingerprint density at radius 1 is 1.67 bits per heavy atom. The van der Waals surface area contributed by atoms with E-state index in [1.54, 1.807) is 12.3 Å². The Morgan fingerprint density at radius 3 is 3.13 bits per heavy atom. The highest BCUT2D eigenvalue weighted by molar-refractivity contribution is 5.46. The summed E-state index contributed by atoms with van der Waals surface area (Å²) in [7, 11) is 0. The first-order valence-corrected chi connectivity index (χ1v) is 5.00. The summed E-state index contributed by atoms with van der Waals surface area (Å²) in [5.41, 5.74) is 1.31. The van der Waals surface area contributed by atoms with Gasteiger partial charge in [0.15, 0.2) is 0 Å². The lowest BCUT2D eigenvalue weighted by atomic mass is 10.2. The molecule has 15 heavy (non-hydrogen) atoms. The van der Waals surface area contributed by atoms with Gasteiger partial charge in [0.2, 0.25) is 0 Å². The summed E-state index contributed by atoms with van der Waals surface area (Å²) < 4.78 is 0. The number of anilines is 1. The minimum absolute atomic E-state index is 0.214. The van der Waals surface area contributed by atoms with Crippen LogP contribution in [0.2, 0.25) is 0 Å². The van der Waals surface area contributed by atoms with E-state index >= 15 is 0 Å². The summed E-state index contributed by atoms with van der Waals surface area (Å²) in [6, 6.07) is 5.82. The van der Waals surface area contributed by atoms with Crippen molar-refractivity contribution in [2.75, 3.05) is 11.9 Å². The molecular formula is C11H15N3O. The highest BCUT2D eigenvalue weighted by atomic mass is 16.2. The zero-order valence-corrected chi connectivity index (χ0v) is 8.77. The summed E-state index contributed by atoms with van der Waals surface area (Å²) in [6.45, 7) is 2.26. The molecule has 1 aromatic heterocycles. The Morgan fingerprint density at radius 2 is 2.47 bits per heavy atom. The number of nitrogens with one attached hydrogen (secondary N) is 1. The Bertz CT molecular complexity index is 346. The molecular weight excluding hydrogens is 190 g/mol. The molecule has 1 aromatic rings. The fraction of sp³-hybridized carbons (Fsp3) is 0.455. The number of hydrogen-bond acceptors (Lipinski definition) is 4. The highest BCUT2D eigenvalue weighted by Gasteiger charge is 2.02. The molecule has 0 aliphatic heterocycles. The minimum atomic E-state index is 0.214. The van der Waals surface area contributed by atoms with Gasteiger partial charge in [-0.3, -0.25) is 0 Å². The molecule has 0 saturated carbocycles. The van der Waals surface area contributed by atoms with E-state index in [2.05, 4.69) is 10.3 Å². The molecule has 4 nitrogen and oxygen atoms in total. The first kappa shape index (κ1) is 11.5. The van der Waals surface area contributed by atoms with Gasteiger partial charge < -0.3 is 10.4 Å². The summed E-state index contributed by atoms with van der Waals surface area (Å²) >= 11 is 0. The minimum Gasteiger partial charge on any atom is -0.396 e. The van der Waals surface area contributed by atoms with E-state index in [4.69, 9.17) is 10.4 Å². The Labute approximate surface area is 89.6 Å². The molecule has 2 N–H and O–H groups in total. The van der Waals surface area contributed by atoms with Crippen molar-refractivity contribution in [2.45, 2.75) is 25.8 Å². The maximum Gasteiger partial charge on any atom is 0.142 e. The van der Waals surface area contributed by atoms with Crippen LogP contribution in [-0.2, 0) is 0 Å². The second-order valence-electron chi connectivity index (χ2n) is 3.45. The molecule has 1 atom stereocenters. The number of pyridine rings is 1. The largest absolute Gasteiger partial charge is 0.396 e. The molecule has 1 unspecified atom stereocenters. The number of nitrogens with zero attached hydrogens (tertiary/aromatic N) is 2. The maximum atomic E-state index is 8.68. The van der Waals surface area contributed by atoms with Gasteiger partial charge in [-0.1, -0.05) is 0 Å². The molecule has 0 saturated heterocycles. The van der Waals surface area contributed by atoms with Crippen LogP contribution in [0.15, 0.2) is 18.3 Å². The molecule has 0 aliphatic rings. The number of aromatic nitrogens is 1. The molecule has 80 valence electrons. The van der Waals surface area contributed by atoms with Gasteiger partial charge in [-0.05, 0) is 31.9 Å². The third kappa shape index (κ3) is 3.96. The van der Waals surface area contributed by atoms with Crippen LogP contribution in [0.1, 0.15) is 25.5 Å². The summed E-state index contributed by atoms with van der Waals surface area (Å²) in [5, 5.41) is 20.6. The van der Waals surface area contributed by atoms with Gasteiger partial charge in [0.25, 0.3) is 0 Å². The Hall–Kier alpha value is -1.60. The third-order valence-corrected chi connectivity index (χ3v) is 2.08. The van der Waals surface area contributed by atoms with Gasteiger partial charge in [-0.25, -0.2) is 4.98 Å². The molecule has 0 spiro atoms. The third-order valence-electron chi connectivity index (χ3n) is 2.08. The lowest BCUT2D eigenvalue weighted by Gasteiger charge is -2.14. The molecule has 1 heterocycles. The van der Waals surface area contributed by atoms with Crippen LogP contribution in [0.5, 0.6) is 0 Å². The van der Waals surface area contributed by atoms with Crippen molar-refractivity contribution < 1.29 is 5.11 Å². The lowest BCUT2D eigenvalue weighted by molar-refractivity contribution is 0.282. The van der Waals surface area contributed by atoms with Gasteiger partial charge in [0.05, 0.1) is 0 Å². The summed E-state index contributed by atoms with van der Waals surface area (Å²) in [4.78, 5) is 3.89. The van der Waals surface area contributed by atoms with Crippen LogP contribution in [-0.4, -0.2) is 22.7 Å². The summed E-state index contributed by atoms with van der Waals surface area (Å²) in [6.07, 6.45) is 3.30. The van der Waals surface area contributed by atoms with Gasteiger partial charge in [0, 0.05) is 24.5 Å². The van der Waals surface area contributed by atoms with Gasteiger partial charge in [0.1, 0.15) is 11.8 Å². The van der Waals surface area contributed by atoms with Crippen LogP contribution in [0, 0.1) is 11.3 Å². The van der Waals surface area contributed by atoms with E-state index in [1.165, 1.54) is 0 Å². The number of aliphatic hydroxyl groups excluding tert-OH is 1. The smallest absolute Gasteiger partial charge is 0.142 e. The highest BCUT2D eigenvalue weighted by Crippen LogP contribution is 2.10. The molecule has 0 radical (unpaired) electrons. The van der Waals surface area contributed by atoms with Crippen LogP contribution in [0.4, 0.5) is 5.69 Å². The zero-order chi connectivity index (χ0) is 11.1. The number of rotatable bonds is 5. The van der Waals surface area contributed by atoms with E-state index in [1.807, 2.05) is 19.1 Å². The number of nitriles is 1. The number of hydrogen-bond donors (Lipinski definition) is 2. The lowest BCUT2D eigenvalue weighted by Crippen LogP contribution is -2.15. The average molecular weight is 205 g/mol. The second-order valence-corrected chi connectivity index (χ2v) is 3.45. The van der Waals surface area contributed by atoms with Crippen LogP contribution < -0.4 is 5.32 Å². The predicted molar refractivity (Wildman–Crippen MR) is 58.4 cm³/mol. The SMILES string of the molecule is CC(CCCO)Nc1ccnc(C#N)c1. The van der Waals surface area contributed by atoms with E-state index < -0.39 is 0 Å². The van der Waals surface area contributed by atoms with Gasteiger partial charge in [-0.2, -0.15) is 5.26 Å². The Balaban J connectivity index is 2.53. The van der Waals surface area contributed by atoms with E-state index in [0.717, 1.165) is 18.5 Å². The van der Waals surface area contributed by atoms with E-state index in [9.17, 15) is 0 Å². The molecule has 4 heteroatoms. The first-order chi connectivity index (χ1) is 7.26. The molecule has 0 aromatic carbocycles. The molecule has 0 bridgehead atoms. The number of aliphatic hydroxyl groups is 1. The van der Waals surface area contributed by atoms with E-state index in [0.29, 0.717) is 5.69 Å².